The molecule has 0 radical (unpaired) electrons. The quantitative estimate of drug-likeness (QED) is 0.837. The number of halogens is 1. The first kappa shape index (κ1) is 19.9. The Kier molecular flexibility index (Phi) is 8.59. The van der Waals surface area contributed by atoms with Crippen molar-refractivity contribution in [3.63, 3.8) is 0 Å². The fourth-order valence-electron chi connectivity index (χ4n) is 3.11. The van der Waals surface area contributed by atoms with Gasteiger partial charge in [-0.25, -0.2) is 0 Å². The first-order valence-corrected chi connectivity index (χ1v) is 8.36. The summed E-state index contributed by atoms with van der Waals surface area (Å²) in [5, 5.41) is 6.26. The van der Waals surface area contributed by atoms with Crippen molar-refractivity contribution in [3.05, 3.63) is 29.8 Å². The van der Waals surface area contributed by atoms with Crippen molar-refractivity contribution < 1.29 is 4.79 Å². The summed E-state index contributed by atoms with van der Waals surface area (Å²) in [5.74, 6) is 0.898. The smallest absolute Gasteiger partial charge is 0.241 e. The Balaban J connectivity index is 0.00000264. The second-order valence-electron chi connectivity index (χ2n) is 6.41. The summed E-state index contributed by atoms with van der Waals surface area (Å²) >= 11 is 0. The minimum Gasteiger partial charge on any atom is -0.325 e. The lowest BCUT2D eigenvalue weighted by Gasteiger charge is -2.35. The molecule has 0 aliphatic carbocycles. The van der Waals surface area contributed by atoms with Gasteiger partial charge in [-0.3, -0.25) is 9.69 Å². The highest BCUT2D eigenvalue weighted by Crippen LogP contribution is 2.22. The summed E-state index contributed by atoms with van der Waals surface area (Å²) in [4.78, 5) is 14.7. The number of likely N-dealkylation sites (tertiary alicyclic amines) is 1. The Morgan fingerprint density at radius 1 is 1.35 bits per heavy atom. The molecule has 130 valence electrons. The van der Waals surface area contributed by atoms with Crippen molar-refractivity contribution in [2.75, 3.05) is 32.0 Å². The lowest BCUT2D eigenvalue weighted by atomic mass is 9.93. The van der Waals surface area contributed by atoms with Gasteiger partial charge in [0.1, 0.15) is 0 Å². The number of rotatable bonds is 6. The third-order valence-electron chi connectivity index (χ3n) is 4.66. The largest absolute Gasteiger partial charge is 0.325 e. The van der Waals surface area contributed by atoms with Gasteiger partial charge < -0.3 is 10.6 Å². The second kappa shape index (κ2) is 9.91. The lowest BCUT2D eigenvalue weighted by Crippen LogP contribution is -2.46. The van der Waals surface area contributed by atoms with Crippen LogP contribution in [0.25, 0.3) is 0 Å². The van der Waals surface area contributed by atoms with Crippen LogP contribution in [-0.4, -0.2) is 43.5 Å². The molecular formula is C18H30ClN3O. The van der Waals surface area contributed by atoms with Crippen LogP contribution < -0.4 is 10.6 Å². The molecule has 5 heteroatoms. The van der Waals surface area contributed by atoms with E-state index in [9.17, 15) is 4.79 Å². The molecule has 23 heavy (non-hydrogen) atoms. The maximum Gasteiger partial charge on any atom is 0.241 e. The third kappa shape index (κ3) is 6.13. The molecule has 0 saturated carbocycles. The van der Waals surface area contributed by atoms with E-state index in [2.05, 4.69) is 15.5 Å². The van der Waals surface area contributed by atoms with Gasteiger partial charge in [0.2, 0.25) is 5.91 Å². The van der Waals surface area contributed by atoms with E-state index in [4.69, 9.17) is 0 Å². The molecule has 1 aromatic carbocycles. The van der Waals surface area contributed by atoms with Crippen LogP contribution in [-0.2, 0) is 4.79 Å². The lowest BCUT2D eigenvalue weighted by molar-refractivity contribution is -0.121. The zero-order valence-electron chi connectivity index (χ0n) is 14.5. The normalized spacial score (nSPS) is 17.3. The zero-order chi connectivity index (χ0) is 15.9. The molecule has 4 nitrogen and oxygen atoms in total. The summed E-state index contributed by atoms with van der Waals surface area (Å²) < 4.78 is 0. The minimum absolute atomic E-state index is 0. The van der Waals surface area contributed by atoms with Crippen LogP contribution in [0.15, 0.2) is 24.3 Å². The van der Waals surface area contributed by atoms with Gasteiger partial charge in [-0.1, -0.05) is 12.1 Å². The monoisotopic (exact) mass is 339 g/mol. The van der Waals surface area contributed by atoms with Crippen LogP contribution in [0.4, 0.5) is 5.69 Å². The molecule has 1 aromatic rings. The van der Waals surface area contributed by atoms with Gasteiger partial charge in [-0.05, 0) is 83.4 Å². The van der Waals surface area contributed by atoms with Crippen LogP contribution in [0, 0.1) is 12.8 Å². The summed E-state index contributed by atoms with van der Waals surface area (Å²) in [5.41, 5.74) is 2.05. The van der Waals surface area contributed by atoms with Crippen molar-refractivity contribution in [2.24, 2.45) is 5.92 Å². The van der Waals surface area contributed by atoms with Crippen molar-refractivity contribution in [2.45, 2.75) is 39.2 Å². The fourth-order valence-corrected chi connectivity index (χ4v) is 3.11. The molecule has 1 heterocycles. The Bertz CT molecular complexity index is 487. The van der Waals surface area contributed by atoms with Crippen LogP contribution in [0.2, 0.25) is 0 Å². The molecular weight excluding hydrogens is 310 g/mol. The number of nitrogens with zero attached hydrogens (tertiary/aromatic N) is 1. The highest BCUT2D eigenvalue weighted by atomic mass is 35.5. The molecule has 1 atom stereocenters. The molecule has 1 aliphatic heterocycles. The van der Waals surface area contributed by atoms with Crippen molar-refractivity contribution in [1.29, 1.82) is 0 Å². The average Bonchev–Trinajstić information content (AvgIpc) is 2.52. The number of anilines is 1. The van der Waals surface area contributed by atoms with Gasteiger partial charge in [-0.15, -0.1) is 12.4 Å². The fraction of sp³-hybridized carbons (Fsp3) is 0.611. The van der Waals surface area contributed by atoms with E-state index in [0.29, 0.717) is 0 Å². The van der Waals surface area contributed by atoms with Gasteiger partial charge in [0.05, 0.1) is 6.04 Å². The van der Waals surface area contributed by atoms with Gasteiger partial charge in [0, 0.05) is 5.69 Å². The van der Waals surface area contributed by atoms with Crippen LogP contribution in [0.3, 0.4) is 0 Å². The molecule has 2 N–H and O–H groups in total. The topological polar surface area (TPSA) is 44.4 Å². The summed E-state index contributed by atoms with van der Waals surface area (Å²) in [6.07, 6.45) is 3.64. The van der Waals surface area contributed by atoms with Crippen molar-refractivity contribution in [1.82, 2.24) is 10.2 Å². The van der Waals surface area contributed by atoms with Gasteiger partial charge in [0.15, 0.2) is 0 Å². The van der Waals surface area contributed by atoms with E-state index in [1.54, 1.807) is 0 Å². The van der Waals surface area contributed by atoms with E-state index in [-0.39, 0.29) is 24.4 Å². The zero-order valence-corrected chi connectivity index (χ0v) is 15.3. The third-order valence-corrected chi connectivity index (χ3v) is 4.66. The molecule has 1 unspecified atom stereocenters. The van der Waals surface area contributed by atoms with Gasteiger partial charge >= 0.3 is 0 Å². The number of benzene rings is 1. The predicted molar refractivity (Wildman–Crippen MR) is 99.4 cm³/mol. The standard InChI is InChI=1S/C18H29N3O.ClH/c1-14-5-4-6-17(13-14)20-18(22)15(2)21-11-8-16(9-12-21)7-10-19-3;/h4-6,13,15-16,19H,7-12H2,1-3H3,(H,20,22);1H. The number of aryl methyl sites for hydroxylation is 1. The Morgan fingerprint density at radius 3 is 2.65 bits per heavy atom. The Labute approximate surface area is 146 Å². The molecule has 0 aromatic heterocycles. The number of carbonyl (C=O) groups excluding carboxylic acids is 1. The Hall–Kier alpha value is -1.10. The number of carbonyl (C=O) groups is 1. The summed E-state index contributed by atoms with van der Waals surface area (Å²) in [6, 6.07) is 7.90. The van der Waals surface area contributed by atoms with Crippen molar-refractivity contribution >= 4 is 24.0 Å². The molecule has 1 fully saturated rings. The number of nitrogens with one attached hydrogen (secondary N) is 2. The van der Waals surface area contributed by atoms with Gasteiger partial charge in [-0.2, -0.15) is 0 Å². The first-order chi connectivity index (χ1) is 10.6. The van der Waals surface area contributed by atoms with E-state index >= 15 is 0 Å². The van der Waals surface area contributed by atoms with E-state index in [1.165, 1.54) is 19.3 Å². The number of amides is 1. The molecule has 0 spiro atoms. The van der Waals surface area contributed by atoms with Crippen LogP contribution in [0.1, 0.15) is 31.7 Å². The predicted octanol–water partition coefficient (Wildman–Crippen LogP) is 3.07. The van der Waals surface area contributed by atoms with E-state index < -0.39 is 0 Å². The summed E-state index contributed by atoms with van der Waals surface area (Å²) in [6.45, 7) is 7.19. The van der Waals surface area contributed by atoms with E-state index in [1.807, 2.05) is 45.2 Å². The maximum atomic E-state index is 12.4. The highest BCUT2D eigenvalue weighted by Gasteiger charge is 2.26. The number of piperidine rings is 1. The SMILES string of the molecule is CNCCC1CCN(C(C)C(=O)Nc2cccc(C)c2)CC1.Cl. The summed E-state index contributed by atoms with van der Waals surface area (Å²) in [7, 11) is 2.01. The maximum absolute atomic E-state index is 12.4. The molecule has 1 aliphatic rings. The van der Waals surface area contributed by atoms with Crippen LogP contribution in [0.5, 0.6) is 0 Å². The second-order valence-corrected chi connectivity index (χ2v) is 6.41. The van der Waals surface area contributed by atoms with E-state index in [0.717, 1.165) is 36.8 Å². The Morgan fingerprint density at radius 2 is 2.04 bits per heavy atom. The molecule has 0 bridgehead atoms. The number of hydrogen-bond donors (Lipinski definition) is 2. The number of hydrogen-bond acceptors (Lipinski definition) is 3. The highest BCUT2D eigenvalue weighted by molar-refractivity contribution is 5.94. The minimum atomic E-state index is -0.0641. The molecule has 2 rings (SSSR count). The first-order valence-electron chi connectivity index (χ1n) is 8.36. The van der Waals surface area contributed by atoms with Gasteiger partial charge in [0.25, 0.3) is 0 Å². The molecule has 1 amide bonds. The average molecular weight is 340 g/mol. The van der Waals surface area contributed by atoms with Crippen molar-refractivity contribution in [3.8, 4) is 0 Å². The molecule has 1 saturated heterocycles. The van der Waals surface area contributed by atoms with Crippen LogP contribution >= 0.6 is 12.4 Å².